The summed E-state index contributed by atoms with van der Waals surface area (Å²) < 4.78 is 8.95. The third-order valence-electron chi connectivity index (χ3n) is 12.2. The van der Waals surface area contributed by atoms with Crippen LogP contribution in [-0.4, -0.2) is 19.5 Å². The molecule has 0 N–H and O–H groups in total. The Bertz CT molecular complexity index is 3660. The second kappa shape index (κ2) is 12.7. The fourth-order valence-corrected chi connectivity index (χ4v) is 9.47. The van der Waals surface area contributed by atoms with Crippen molar-refractivity contribution in [3.8, 4) is 73.2 Å². The van der Waals surface area contributed by atoms with Crippen LogP contribution in [-0.2, 0) is 0 Å². The van der Waals surface area contributed by atoms with Crippen LogP contribution in [0.15, 0.2) is 199 Å². The van der Waals surface area contributed by atoms with Crippen molar-refractivity contribution in [2.24, 2.45) is 0 Å². The summed E-state index contributed by atoms with van der Waals surface area (Å²) in [6, 6.07) is 68.5. The monoisotopic (exact) mass is 764 g/mol. The van der Waals surface area contributed by atoms with Crippen LogP contribution >= 0.6 is 0 Å². The maximum absolute atomic E-state index is 6.60. The van der Waals surface area contributed by atoms with E-state index in [1.165, 1.54) is 49.2 Å². The minimum atomic E-state index is 0.626. The fourth-order valence-electron chi connectivity index (χ4n) is 9.47. The van der Waals surface area contributed by atoms with E-state index < -0.39 is 0 Å². The molecule has 278 valence electrons. The highest BCUT2D eigenvalue weighted by Gasteiger charge is 2.25. The first-order chi connectivity index (χ1) is 29.7. The van der Waals surface area contributed by atoms with E-state index >= 15 is 0 Å². The van der Waals surface area contributed by atoms with Gasteiger partial charge in [-0.25, -0.2) is 15.0 Å². The molecule has 1 aliphatic rings. The molecule has 0 radical (unpaired) electrons. The highest BCUT2D eigenvalue weighted by molar-refractivity contribution is 6.28. The van der Waals surface area contributed by atoms with Crippen molar-refractivity contribution in [2.75, 3.05) is 0 Å². The normalized spacial score (nSPS) is 12.0. The first-order valence-electron chi connectivity index (χ1n) is 20.3. The highest BCUT2D eigenvalue weighted by Crippen LogP contribution is 2.51. The Morgan fingerprint density at radius 3 is 1.65 bits per heavy atom. The van der Waals surface area contributed by atoms with Crippen LogP contribution in [0.1, 0.15) is 0 Å². The molecule has 0 saturated carbocycles. The van der Waals surface area contributed by atoms with Gasteiger partial charge in [-0.1, -0.05) is 146 Å². The summed E-state index contributed by atoms with van der Waals surface area (Å²) in [6.45, 7) is 0. The summed E-state index contributed by atoms with van der Waals surface area (Å²) in [5.41, 5.74) is 15.3. The maximum Gasteiger partial charge on any atom is 0.164 e. The number of furan rings is 1. The Kier molecular flexibility index (Phi) is 6.95. The molecule has 5 nitrogen and oxygen atoms in total. The molecule has 0 spiro atoms. The zero-order valence-electron chi connectivity index (χ0n) is 32.2. The summed E-state index contributed by atoms with van der Waals surface area (Å²) in [7, 11) is 0. The third-order valence-corrected chi connectivity index (χ3v) is 12.2. The van der Waals surface area contributed by atoms with Crippen LogP contribution < -0.4 is 0 Å². The van der Waals surface area contributed by atoms with Gasteiger partial charge in [0.05, 0.1) is 11.0 Å². The second-order valence-corrected chi connectivity index (χ2v) is 15.6. The lowest BCUT2D eigenvalue weighted by molar-refractivity contribution is 0.669. The molecule has 3 aromatic heterocycles. The fraction of sp³-hybridized carbons (Fsp3) is 0. The maximum atomic E-state index is 6.60. The molecule has 12 aromatic rings. The first-order valence-corrected chi connectivity index (χ1v) is 20.3. The average molecular weight is 765 g/mol. The van der Waals surface area contributed by atoms with E-state index in [2.05, 4.69) is 138 Å². The smallest absolute Gasteiger partial charge is 0.164 e. The minimum Gasteiger partial charge on any atom is -0.456 e. The van der Waals surface area contributed by atoms with Gasteiger partial charge in [-0.3, -0.25) is 0 Å². The molecule has 0 amide bonds. The van der Waals surface area contributed by atoms with E-state index in [1.54, 1.807) is 0 Å². The molecule has 5 heteroatoms. The van der Waals surface area contributed by atoms with Crippen molar-refractivity contribution >= 4 is 54.5 Å². The quantitative estimate of drug-likeness (QED) is 0.175. The molecule has 0 aliphatic heterocycles. The van der Waals surface area contributed by atoms with E-state index in [4.69, 9.17) is 19.4 Å². The van der Waals surface area contributed by atoms with Gasteiger partial charge in [0.2, 0.25) is 0 Å². The van der Waals surface area contributed by atoms with E-state index in [9.17, 15) is 0 Å². The molecule has 0 fully saturated rings. The van der Waals surface area contributed by atoms with Gasteiger partial charge in [0, 0.05) is 43.9 Å². The molecule has 0 saturated heterocycles. The summed E-state index contributed by atoms with van der Waals surface area (Å²) in [5, 5.41) is 7.22. The predicted octanol–water partition coefficient (Wildman–Crippen LogP) is 14.3. The lowest BCUT2D eigenvalue weighted by Crippen LogP contribution is -2.01. The molecule has 0 bridgehead atoms. The topological polar surface area (TPSA) is 56.7 Å². The Balaban J connectivity index is 0.948. The van der Waals surface area contributed by atoms with E-state index in [-0.39, 0.29) is 0 Å². The number of fused-ring (bicyclic) bond motifs is 10. The van der Waals surface area contributed by atoms with Crippen molar-refractivity contribution in [3.63, 3.8) is 0 Å². The molecule has 9 aromatic carbocycles. The van der Waals surface area contributed by atoms with Gasteiger partial charge in [-0.2, -0.15) is 0 Å². The Hall–Kier alpha value is -8.15. The number of nitrogens with zero attached hydrogens (tertiary/aromatic N) is 4. The molecule has 0 atom stereocenters. The van der Waals surface area contributed by atoms with E-state index in [1.807, 2.05) is 60.7 Å². The minimum absolute atomic E-state index is 0.626. The van der Waals surface area contributed by atoms with Crippen LogP contribution in [0.25, 0.3) is 128 Å². The van der Waals surface area contributed by atoms with Gasteiger partial charge < -0.3 is 8.98 Å². The zero-order valence-corrected chi connectivity index (χ0v) is 32.2. The number of hydrogen-bond donors (Lipinski definition) is 0. The summed E-state index contributed by atoms with van der Waals surface area (Å²) in [4.78, 5) is 15.0. The van der Waals surface area contributed by atoms with Crippen molar-refractivity contribution < 1.29 is 4.42 Å². The number of hydrogen-bond acceptors (Lipinski definition) is 4. The number of benzene rings is 9. The third kappa shape index (κ3) is 4.90. The lowest BCUT2D eigenvalue weighted by Gasteiger charge is -2.12. The lowest BCUT2D eigenvalue weighted by atomic mass is 9.96. The van der Waals surface area contributed by atoms with Gasteiger partial charge in [0.1, 0.15) is 11.2 Å². The van der Waals surface area contributed by atoms with Crippen LogP contribution in [0, 0.1) is 0 Å². The number of rotatable bonds is 5. The molecule has 1 aliphatic carbocycles. The summed E-state index contributed by atoms with van der Waals surface area (Å²) in [5.74, 6) is 1.91. The van der Waals surface area contributed by atoms with Crippen LogP contribution in [0.3, 0.4) is 0 Å². The van der Waals surface area contributed by atoms with Gasteiger partial charge in [0.25, 0.3) is 0 Å². The Morgan fingerprint density at radius 2 is 0.883 bits per heavy atom. The molecular weight excluding hydrogens is 733 g/mol. The second-order valence-electron chi connectivity index (χ2n) is 15.6. The SMILES string of the molecule is c1ccc(-c2nc(-c3ccccc3)nc(-c3cccc(-n4c5ccccc5c5cc(-c6ccc7oc8cc9c%10c(cccc%10c8c7c6)-c6ccccc6-9)ccc54)c3)n2)cc1. The van der Waals surface area contributed by atoms with E-state index in [0.29, 0.717) is 17.5 Å². The number of aromatic nitrogens is 4. The summed E-state index contributed by atoms with van der Waals surface area (Å²) >= 11 is 0. The van der Waals surface area contributed by atoms with Crippen LogP contribution in [0.4, 0.5) is 0 Å². The zero-order chi connectivity index (χ0) is 39.3. The largest absolute Gasteiger partial charge is 0.456 e. The highest BCUT2D eigenvalue weighted by atomic mass is 16.3. The first kappa shape index (κ1) is 32.9. The molecule has 13 rings (SSSR count). The van der Waals surface area contributed by atoms with Crippen molar-refractivity contribution in [1.29, 1.82) is 0 Å². The summed E-state index contributed by atoms with van der Waals surface area (Å²) in [6.07, 6.45) is 0. The van der Waals surface area contributed by atoms with Crippen molar-refractivity contribution in [2.45, 2.75) is 0 Å². The molecular formula is C55H32N4O. The van der Waals surface area contributed by atoms with E-state index in [0.717, 1.165) is 61.1 Å². The van der Waals surface area contributed by atoms with Crippen molar-refractivity contribution in [1.82, 2.24) is 19.5 Å². The van der Waals surface area contributed by atoms with Gasteiger partial charge in [-0.05, 0) is 92.7 Å². The average Bonchev–Trinajstić information content (AvgIpc) is 3.97. The van der Waals surface area contributed by atoms with Crippen LogP contribution in [0.2, 0.25) is 0 Å². The Labute approximate surface area is 344 Å². The van der Waals surface area contributed by atoms with Crippen LogP contribution in [0.5, 0.6) is 0 Å². The number of para-hydroxylation sites is 1. The predicted molar refractivity (Wildman–Crippen MR) is 245 cm³/mol. The van der Waals surface area contributed by atoms with Gasteiger partial charge in [0.15, 0.2) is 17.5 Å². The standard InChI is InChI=1S/C55H32N4O/c1-3-13-33(14-4-1)53-56-54(34-15-5-2-6-16-34)58-55(57-53)37-17-11-18-38(29-37)59-47-24-10-9-21-41(47)44-30-35(25-27-48(44)59)36-26-28-49-46(31-36)52-43-23-12-22-42-39-19-7-8-20-40(39)45(51(42)43)32-50(52)60-49/h1-32H. The van der Waals surface area contributed by atoms with Gasteiger partial charge in [-0.15, -0.1) is 0 Å². The molecule has 60 heavy (non-hydrogen) atoms. The van der Waals surface area contributed by atoms with Crippen molar-refractivity contribution in [3.05, 3.63) is 194 Å². The van der Waals surface area contributed by atoms with Gasteiger partial charge >= 0.3 is 0 Å². The molecule has 3 heterocycles. The Morgan fingerprint density at radius 1 is 0.317 bits per heavy atom. The molecule has 0 unspecified atom stereocenters.